The average Bonchev–Trinajstić information content (AvgIpc) is 2.77. The van der Waals surface area contributed by atoms with E-state index in [-0.39, 0.29) is 11.8 Å². The third kappa shape index (κ3) is 5.77. The molecular formula is C21H27N5O2. The standard InChI is InChI=1S/C21H27N5O2/c27-19(25-14-16-26(17-15-25)21-23-12-7-13-24-21)10-5-2-6-11-22-20(28)18-8-3-1-4-9-18/h1,3-4,7-9,12-13H,2,5-6,10-11,14-17H2,(H,22,28). The molecule has 1 saturated heterocycles. The number of amides is 2. The number of anilines is 1. The van der Waals surface area contributed by atoms with Crippen molar-refractivity contribution in [3.05, 3.63) is 54.4 Å². The summed E-state index contributed by atoms with van der Waals surface area (Å²) in [5.41, 5.74) is 0.678. The minimum atomic E-state index is -0.0445. The van der Waals surface area contributed by atoms with Crippen molar-refractivity contribution in [3.8, 4) is 0 Å². The van der Waals surface area contributed by atoms with Crippen molar-refractivity contribution < 1.29 is 9.59 Å². The topological polar surface area (TPSA) is 78.4 Å². The molecule has 1 fully saturated rings. The zero-order chi connectivity index (χ0) is 19.6. The van der Waals surface area contributed by atoms with Crippen LogP contribution in [0.2, 0.25) is 0 Å². The van der Waals surface area contributed by atoms with Gasteiger partial charge < -0.3 is 15.1 Å². The summed E-state index contributed by atoms with van der Waals surface area (Å²) in [6.07, 6.45) is 6.70. The summed E-state index contributed by atoms with van der Waals surface area (Å²) < 4.78 is 0. The Hall–Kier alpha value is -2.96. The van der Waals surface area contributed by atoms with Crippen LogP contribution < -0.4 is 10.2 Å². The summed E-state index contributed by atoms with van der Waals surface area (Å²) in [5, 5.41) is 2.92. The molecule has 1 N–H and O–H groups in total. The molecule has 28 heavy (non-hydrogen) atoms. The van der Waals surface area contributed by atoms with E-state index in [2.05, 4.69) is 20.2 Å². The Morgan fingerprint density at radius 2 is 1.61 bits per heavy atom. The van der Waals surface area contributed by atoms with E-state index in [1.165, 1.54) is 0 Å². The maximum Gasteiger partial charge on any atom is 0.251 e. The molecule has 1 aromatic heterocycles. The van der Waals surface area contributed by atoms with Crippen molar-refractivity contribution in [2.45, 2.75) is 25.7 Å². The molecular weight excluding hydrogens is 354 g/mol. The van der Waals surface area contributed by atoms with E-state index in [1.54, 1.807) is 30.6 Å². The second-order valence-corrected chi connectivity index (χ2v) is 6.85. The Morgan fingerprint density at radius 1 is 0.893 bits per heavy atom. The monoisotopic (exact) mass is 381 g/mol. The highest BCUT2D eigenvalue weighted by molar-refractivity contribution is 5.94. The van der Waals surface area contributed by atoms with Gasteiger partial charge in [0.15, 0.2) is 0 Å². The van der Waals surface area contributed by atoms with Crippen LogP contribution in [0.5, 0.6) is 0 Å². The van der Waals surface area contributed by atoms with E-state index in [9.17, 15) is 9.59 Å². The van der Waals surface area contributed by atoms with E-state index < -0.39 is 0 Å². The molecule has 0 bridgehead atoms. The Morgan fingerprint density at radius 3 is 2.32 bits per heavy atom. The lowest BCUT2D eigenvalue weighted by Gasteiger charge is -2.34. The van der Waals surface area contributed by atoms with Crippen LogP contribution in [-0.4, -0.2) is 59.4 Å². The number of unbranched alkanes of at least 4 members (excludes halogenated alkanes) is 2. The molecule has 1 aliphatic rings. The fourth-order valence-electron chi connectivity index (χ4n) is 3.24. The molecule has 0 unspecified atom stereocenters. The number of hydrogen-bond acceptors (Lipinski definition) is 5. The highest BCUT2D eigenvalue weighted by atomic mass is 16.2. The molecule has 148 valence electrons. The van der Waals surface area contributed by atoms with E-state index in [1.807, 2.05) is 23.1 Å². The first-order chi connectivity index (χ1) is 13.7. The number of nitrogens with zero attached hydrogens (tertiary/aromatic N) is 4. The van der Waals surface area contributed by atoms with Gasteiger partial charge in [-0.2, -0.15) is 0 Å². The minimum Gasteiger partial charge on any atom is -0.352 e. The molecule has 7 nitrogen and oxygen atoms in total. The van der Waals surface area contributed by atoms with Crippen LogP contribution in [0, 0.1) is 0 Å². The first kappa shape index (κ1) is 19.8. The highest BCUT2D eigenvalue weighted by Gasteiger charge is 2.21. The quantitative estimate of drug-likeness (QED) is 0.709. The van der Waals surface area contributed by atoms with Crippen molar-refractivity contribution in [2.24, 2.45) is 0 Å². The Balaban J connectivity index is 1.26. The summed E-state index contributed by atoms with van der Waals surface area (Å²) in [4.78, 5) is 36.9. The van der Waals surface area contributed by atoms with Gasteiger partial charge in [-0.3, -0.25) is 9.59 Å². The first-order valence-corrected chi connectivity index (χ1v) is 9.87. The fraction of sp³-hybridized carbons (Fsp3) is 0.429. The smallest absolute Gasteiger partial charge is 0.251 e. The zero-order valence-electron chi connectivity index (χ0n) is 16.1. The van der Waals surface area contributed by atoms with Crippen molar-refractivity contribution in [1.29, 1.82) is 0 Å². The Bertz CT molecular complexity index is 746. The van der Waals surface area contributed by atoms with Gasteiger partial charge in [0, 0.05) is 57.1 Å². The van der Waals surface area contributed by atoms with Gasteiger partial charge >= 0.3 is 0 Å². The summed E-state index contributed by atoms with van der Waals surface area (Å²) in [7, 11) is 0. The van der Waals surface area contributed by atoms with Crippen LogP contribution in [0.25, 0.3) is 0 Å². The molecule has 7 heteroatoms. The predicted molar refractivity (Wildman–Crippen MR) is 108 cm³/mol. The number of benzene rings is 1. The SMILES string of the molecule is O=C(NCCCCCC(=O)N1CCN(c2ncccn2)CC1)c1ccccc1. The van der Waals surface area contributed by atoms with E-state index in [0.29, 0.717) is 31.6 Å². The maximum absolute atomic E-state index is 12.4. The number of nitrogens with one attached hydrogen (secondary N) is 1. The average molecular weight is 381 g/mol. The Labute approximate surface area is 165 Å². The summed E-state index contributed by atoms with van der Waals surface area (Å²) >= 11 is 0. The predicted octanol–water partition coefficient (Wildman–Crippen LogP) is 2.12. The van der Waals surface area contributed by atoms with Gasteiger partial charge in [0.2, 0.25) is 11.9 Å². The maximum atomic E-state index is 12.4. The van der Waals surface area contributed by atoms with Gasteiger partial charge in [0.1, 0.15) is 0 Å². The molecule has 0 atom stereocenters. The largest absolute Gasteiger partial charge is 0.352 e. The lowest BCUT2D eigenvalue weighted by atomic mass is 10.1. The van der Waals surface area contributed by atoms with Crippen LogP contribution in [0.1, 0.15) is 36.0 Å². The molecule has 3 rings (SSSR count). The van der Waals surface area contributed by atoms with Crippen LogP contribution in [0.15, 0.2) is 48.8 Å². The van der Waals surface area contributed by atoms with Gasteiger partial charge in [0.25, 0.3) is 5.91 Å². The molecule has 1 aromatic carbocycles. The fourth-order valence-corrected chi connectivity index (χ4v) is 3.24. The van der Waals surface area contributed by atoms with Crippen molar-refractivity contribution in [1.82, 2.24) is 20.2 Å². The number of piperazine rings is 1. The van der Waals surface area contributed by atoms with Crippen molar-refractivity contribution in [3.63, 3.8) is 0 Å². The number of carbonyl (C=O) groups is 2. The number of rotatable bonds is 8. The van der Waals surface area contributed by atoms with E-state index in [0.717, 1.165) is 38.3 Å². The number of carbonyl (C=O) groups excluding carboxylic acids is 2. The van der Waals surface area contributed by atoms with Gasteiger partial charge in [-0.15, -0.1) is 0 Å². The highest BCUT2D eigenvalue weighted by Crippen LogP contribution is 2.11. The second kappa shape index (κ2) is 10.4. The zero-order valence-corrected chi connectivity index (χ0v) is 16.1. The molecule has 2 amide bonds. The molecule has 0 spiro atoms. The van der Waals surface area contributed by atoms with Gasteiger partial charge in [-0.1, -0.05) is 24.6 Å². The normalized spacial score (nSPS) is 14.0. The van der Waals surface area contributed by atoms with Crippen LogP contribution >= 0.6 is 0 Å². The van der Waals surface area contributed by atoms with Crippen LogP contribution in [0.4, 0.5) is 5.95 Å². The molecule has 2 aromatic rings. The van der Waals surface area contributed by atoms with Crippen molar-refractivity contribution >= 4 is 17.8 Å². The van der Waals surface area contributed by atoms with Gasteiger partial charge in [0.05, 0.1) is 0 Å². The minimum absolute atomic E-state index is 0.0445. The Kier molecular flexibility index (Phi) is 7.35. The lowest BCUT2D eigenvalue weighted by molar-refractivity contribution is -0.131. The first-order valence-electron chi connectivity index (χ1n) is 9.87. The van der Waals surface area contributed by atoms with Crippen molar-refractivity contribution in [2.75, 3.05) is 37.6 Å². The number of aromatic nitrogens is 2. The molecule has 0 radical (unpaired) electrons. The molecule has 1 aliphatic heterocycles. The second-order valence-electron chi connectivity index (χ2n) is 6.85. The summed E-state index contributed by atoms with van der Waals surface area (Å²) in [5.74, 6) is 0.894. The van der Waals surface area contributed by atoms with Gasteiger partial charge in [-0.05, 0) is 31.0 Å². The lowest BCUT2D eigenvalue weighted by Crippen LogP contribution is -2.49. The third-order valence-electron chi connectivity index (χ3n) is 4.86. The molecule has 2 heterocycles. The summed E-state index contributed by atoms with van der Waals surface area (Å²) in [6.45, 7) is 3.59. The molecule has 0 aliphatic carbocycles. The van der Waals surface area contributed by atoms with E-state index >= 15 is 0 Å². The summed E-state index contributed by atoms with van der Waals surface area (Å²) in [6, 6.07) is 11.0. The van der Waals surface area contributed by atoms with Crippen LogP contribution in [-0.2, 0) is 4.79 Å². The number of hydrogen-bond donors (Lipinski definition) is 1. The molecule has 0 saturated carbocycles. The van der Waals surface area contributed by atoms with E-state index in [4.69, 9.17) is 0 Å². The van der Waals surface area contributed by atoms with Crippen LogP contribution in [0.3, 0.4) is 0 Å². The third-order valence-corrected chi connectivity index (χ3v) is 4.86. The van der Waals surface area contributed by atoms with Gasteiger partial charge in [-0.25, -0.2) is 9.97 Å².